The fourth-order valence-corrected chi connectivity index (χ4v) is 4.86. The monoisotopic (exact) mass is 513 g/mol. The number of rotatable bonds is 10. The van der Waals surface area contributed by atoms with Crippen LogP contribution in [0, 0.1) is 23.0 Å². The van der Waals surface area contributed by atoms with E-state index in [2.05, 4.69) is 10.3 Å². The van der Waals surface area contributed by atoms with Crippen LogP contribution in [0.25, 0.3) is 0 Å². The molecule has 0 saturated carbocycles. The summed E-state index contributed by atoms with van der Waals surface area (Å²) in [5.74, 6) is -1.20. The maximum Gasteiger partial charge on any atom is 0.339 e. The first-order valence-corrected chi connectivity index (χ1v) is 12.3. The number of non-ortho nitro benzene ring substituents is 1. The molecule has 1 aromatic heterocycles. The molecule has 11 heteroatoms. The summed E-state index contributed by atoms with van der Waals surface area (Å²) in [5.41, 5.74) is 1.39. The zero-order chi connectivity index (χ0) is 25.5. The van der Waals surface area contributed by atoms with Crippen molar-refractivity contribution in [3.8, 4) is 0 Å². The van der Waals surface area contributed by atoms with Gasteiger partial charge >= 0.3 is 5.97 Å². The number of aromatic nitrogens is 1. The van der Waals surface area contributed by atoms with Crippen molar-refractivity contribution in [2.45, 2.75) is 36.4 Å². The van der Waals surface area contributed by atoms with Crippen LogP contribution in [0.15, 0.2) is 57.1 Å². The predicted octanol–water partition coefficient (Wildman–Crippen LogP) is 5.54. The molecule has 0 bridgehead atoms. The Kier molecular flexibility index (Phi) is 8.72. The number of nitrogens with one attached hydrogen (secondary N) is 1. The molecule has 0 fully saturated rings. The zero-order valence-electron chi connectivity index (χ0n) is 19.3. The number of benzene rings is 2. The van der Waals surface area contributed by atoms with Crippen LogP contribution in [-0.4, -0.2) is 34.2 Å². The number of carbonyl (C=O) groups excluding carboxylic acids is 3. The topological polar surface area (TPSA) is 128 Å². The smallest absolute Gasteiger partial charge is 0.339 e. The number of ketones is 1. The van der Waals surface area contributed by atoms with Gasteiger partial charge in [0.1, 0.15) is 0 Å². The Morgan fingerprint density at radius 1 is 1.17 bits per heavy atom. The number of nitro benzene ring substituents is 1. The third-order valence-corrected chi connectivity index (χ3v) is 6.74. The highest BCUT2D eigenvalue weighted by Gasteiger charge is 2.21. The van der Waals surface area contributed by atoms with Crippen LogP contribution >= 0.6 is 23.1 Å². The number of anilines is 1. The number of hydrogen-bond donors (Lipinski definition) is 1. The largest absolute Gasteiger partial charge is 0.454 e. The molecule has 0 spiro atoms. The summed E-state index contributed by atoms with van der Waals surface area (Å²) in [7, 11) is 0. The maximum absolute atomic E-state index is 12.8. The van der Waals surface area contributed by atoms with Crippen molar-refractivity contribution in [2.75, 3.05) is 11.9 Å². The quantitative estimate of drug-likeness (QED) is 0.162. The molecule has 9 nitrogen and oxygen atoms in total. The molecule has 182 valence electrons. The lowest BCUT2D eigenvalue weighted by atomic mass is 10.1. The molecule has 0 radical (unpaired) electrons. The molecule has 35 heavy (non-hydrogen) atoms. The van der Waals surface area contributed by atoms with Crippen molar-refractivity contribution < 1.29 is 24.0 Å². The van der Waals surface area contributed by atoms with E-state index in [1.54, 1.807) is 12.1 Å². The number of ether oxygens (including phenoxy) is 1. The molecule has 1 amide bonds. The lowest BCUT2D eigenvalue weighted by Crippen LogP contribution is -2.16. The van der Waals surface area contributed by atoms with Crippen molar-refractivity contribution in [1.82, 2.24) is 4.98 Å². The molecule has 1 heterocycles. The first-order valence-electron chi connectivity index (χ1n) is 10.6. The van der Waals surface area contributed by atoms with Gasteiger partial charge in [0.25, 0.3) is 5.69 Å². The molecule has 3 rings (SSSR count). The zero-order valence-corrected chi connectivity index (χ0v) is 20.9. The molecular weight excluding hydrogens is 490 g/mol. The molecular formula is C24H23N3O6S2. The molecule has 0 atom stereocenters. The third-order valence-electron chi connectivity index (χ3n) is 4.61. The van der Waals surface area contributed by atoms with E-state index in [0.29, 0.717) is 26.9 Å². The number of aryl methyl sites for hydroxylation is 1. The van der Waals surface area contributed by atoms with Gasteiger partial charge in [-0.05, 0) is 43.2 Å². The number of Topliss-reactive ketones (excluding diaryl/α,β-unsaturated/α-hetero) is 1. The SMILES string of the molecule is Cc1csc(Sc2ccc([N+](=O)[O-])cc2C(=O)OCC(=O)c2ccc(NC(=O)CC(C)C)cc2)n1. The van der Waals surface area contributed by atoms with Crippen LogP contribution in [0.5, 0.6) is 0 Å². The number of amides is 1. The van der Waals surface area contributed by atoms with E-state index in [9.17, 15) is 24.5 Å². The maximum atomic E-state index is 12.8. The minimum atomic E-state index is -0.851. The van der Waals surface area contributed by atoms with Gasteiger partial charge in [-0.25, -0.2) is 9.78 Å². The number of thiazole rings is 1. The number of nitro groups is 1. The van der Waals surface area contributed by atoms with Crippen LogP contribution in [0.4, 0.5) is 11.4 Å². The Bertz CT molecular complexity index is 1250. The van der Waals surface area contributed by atoms with Crippen molar-refractivity contribution in [3.05, 3.63) is 74.8 Å². The number of esters is 1. The second-order valence-corrected chi connectivity index (χ2v) is 10.2. The van der Waals surface area contributed by atoms with Gasteiger partial charge in [-0.2, -0.15) is 0 Å². The van der Waals surface area contributed by atoms with E-state index < -0.39 is 23.3 Å². The second kappa shape index (κ2) is 11.7. The summed E-state index contributed by atoms with van der Waals surface area (Å²) in [5, 5.41) is 15.8. The van der Waals surface area contributed by atoms with E-state index in [0.717, 1.165) is 11.8 Å². The van der Waals surface area contributed by atoms with Gasteiger partial charge < -0.3 is 10.1 Å². The number of nitrogens with zero attached hydrogens (tertiary/aromatic N) is 2. The molecule has 0 aliphatic heterocycles. The Morgan fingerprint density at radius 3 is 2.49 bits per heavy atom. The fourth-order valence-electron chi connectivity index (χ4n) is 2.97. The molecule has 0 saturated heterocycles. The van der Waals surface area contributed by atoms with Crippen LogP contribution in [-0.2, 0) is 9.53 Å². The standard InChI is InChI=1S/C24H23N3O6S2/c1-14(2)10-22(29)26-17-6-4-16(5-7-17)20(28)12-33-23(30)19-11-18(27(31)32)8-9-21(19)35-24-25-15(3)13-34-24/h4-9,11,13-14H,10,12H2,1-3H3,(H,26,29). The molecule has 0 aliphatic rings. The summed E-state index contributed by atoms with van der Waals surface area (Å²) in [6.45, 7) is 5.18. The lowest BCUT2D eigenvalue weighted by Gasteiger charge is -2.09. The van der Waals surface area contributed by atoms with E-state index >= 15 is 0 Å². The van der Waals surface area contributed by atoms with Gasteiger partial charge in [-0.15, -0.1) is 11.3 Å². The third kappa shape index (κ3) is 7.46. The number of carbonyl (C=O) groups is 3. The van der Waals surface area contributed by atoms with Crippen LogP contribution < -0.4 is 5.32 Å². The predicted molar refractivity (Wildman–Crippen MR) is 133 cm³/mol. The van der Waals surface area contributed by atoms with Gasteiger partial charge in [0.15, 0.2) is 16.7 Å². The first-order chi connectivity index (χ1) is 16.6. The van der Waals surface area contributed by atoms with Crippen molar-refractivity contribution in [1.29, 1.82) is 0 Å². The van der Waals surface area contributed by atoms with Crippen molar-refractivity contribution in [3.63, 3.8) is 0 Å². The fraction of sp³-hybridized carbons (Fsp3) is 0.250. The Morgan fingerprint density at radius 2 is 1.89 bits per heavy atom. The minimum Gasteiger partial charge on any atom is -0.454 e. The number of hydrogen-bond acceptors (Lipinski definition) is 9. The Hall–Kier alpha value is -3.57. The molecule has 0 aliphatic carbocycles. The van der Waals surface area contributed by atoms with Gasteiger partial charge in [0.05, 0.1) is 10.5 Å². The van der Waals surface area contributed by atoms with Crippen LogP contribution in [0.2, 0.25) is 0 Å². The summed E-state index contributed by atoms with van der Waals surface area (Å²) in [6, 6.07) is 10.1. The average molecular weight is 514 g/mol. The first kappa shape index (κ1) is 26.0. The van der Waals surface area contributed by atoms with Crippen LogP contribution in [0.1, 0.15) is 46.7 Å². The summed E-state index contributed by atoms with van der Waals surface area (Å²) >= 11 is 2.57. The van der Waals surface area contributed by atoms with Crippen molar-refractivity contribution >= 4 is 52.1 Å². The molecule has 3 aromatic rings. The van der Waals surface area contributed by atoms with Crippen molar-refractivity contribution in [2.24, 2.45) is 5.92 Å². The summed E-state index contributed by atoms with van der Waals surface area (Å²) in [6.07, 6.45) is 0.386. The minimum absolute atomic E-state index is 0.0203. The summed E-state index contributed by atoms with van der Waals surface area (Å²) < 4.78 is 5.86. The van der Waals surface area contributed by atoms with E-state index in [4.69, 9.17) is 4.74 Å². The highest BCUT2D eigenvalue weighted by atomic mass is 32.2. The van der Waals surface area contributed by atoms with Gasteiger partial charge in [0, 0.05) is 45.8 Å². The second-order valence-electron chi connectivity index (χ2n) is 8.02. The van der Waals surface area contributed by atoms with E-state index in [1.807, 2.05) is 26.2 Å². The lowest BCUT2D eigenvalue weighted by molar-refractivity contribution is -0.384. The normalized spacial score (nSPS) is 10.7. The highest BCUT2D eigenvalue weighted by molar-refractivity contribution is 8.01. The van der Waals surface area contributed by atoms with E-state index in [-0.39, 0.29) is 23.1 Å². The Balaban J connectivity index is 1.68. The van der Waals surface area contributed by atoms with E-state index in [1.165, 1.54) is 47.4 Å². The Labute approximate surface area is 210 Å². The van der Waals surface area contributed by atoms with Gasteiger partial charge in [-0.3, -0.25) is 19.7 Å². The van der Waals surface area contributed by atoms with Gasteiger partial charge in [0.2, 0.25) is 5.91 Å². The molecule has 2 aromatic carbocycles. The highest BCUT2D eigenvalue weighted by Crippen LogP contribution is 2.34. The molecule has 1 N–H and O–H groups in total. The van der Waals surface area contributed by atoms with Crippen LogP contribution in [0.3, 0.4) is 0 Å². The van der Waals surface area contributed by atoms with Gasteiger partial charge in [-0.1, -0.05) is 25.6 Å². The summed E-state index contributed by atoms with van der Waals surface area (Å²) in [4.78, 5) is 52.5. The molecule has 0 unspecified atom stereocenters. The average Bonchev–Trinajstić information content (AvgIpc) is 3.21.